The number of carbonyl (C=O) groups is 1. The molecule has 2 bridgehead atoms. The van der Waals surface area contributed by atoms with Crippen molar-refractivity contribution in [3.63, 3.8) is 0 Å². The molecule has 5 nitrogen and oxygen atoms in total. The summed E-state index contributed by atoms with van der Waals surface area (Å²) in [5, 5.41) is 0. The molecule has 0 N–H and O–H groups in total. The van der Waals surface area contributed by atoms with Crippen molar-refractivity contribution in [1.29, 1.82) is 0 Å². The number of hydrogen-bond donors (Lipinski definition) is 0. The van der Waals surface area contributed by atoms with Crippen LogP contribution in [0.3, 0.4) is 0 Å². The van der Waals surface area contributed by atoms with Crippen LogP contribution in [0, 0.1) is 5.92 Å². The molecular weight excluding hydrogens is 256 g/mol. The molecule has 112 valence electrons. The number of piperidine rings is 3. The third-order valence-electron chi connectivity index (χ3n) is 5.29. The topological polar surface area (TPSA) is 42.0 Å². The van der Waals surface area contributed by atoms with Crippen LogP contribution >= 0.6 is 0 Å². The third-order valence-corrected chi connectivity index (χ3v) is 5.29. The standard InChI is InChI=1S/C15H24N2O3/c18-15(20-13-5-8-19-10-13)17(12-1-2-12)14-9-16-6-3-11(14)4-7-16/h11-14H,1-10H2. The van der Waals surface area contributed by atoms with Crippen molar-refractivity contribution in [1.82, 2.24) is 9.80 Å². The van der Waals surface area contributed by atoms with Gasteiger partial charge in [-0.3, -0.25) is 0 Å². The summed E-state index contributed by atoms with van der Waals surface area (Å²) in [5.74, 6) is 0.688. The van der Waals surface area contributed by atoms with Gasteiger partial charge in [0.1, 0.15) is 6.10 Å². The van der Waals surface area contributed by atoms with Gasteiger partial charge in [-0.2, -0.15) is 0 Å². The van der Waals surface area contributed by atoms with E-state index < -0.39 is 0 Å². The van der Waals surface area contributed by atoms with Gasteiger partial charge in [-0.1, -0.05) is 0 Å². The lowest BCUT2D eigenvalue weighted by atomic mass is 9.83. The Morgan fingerprint density at radius 3 is 2.50 bits per heavy atom. The van der Waals surface area contributed by atoms with Crippen molar-refractivity contribution in [2.75, 3.05) is 32.8 Å². The lowest BCUT2D eigenvalue weighted by Crippen LogP contribution is -2.59. The molecule has 20 heavy (non-hydrogen) atoms. The molecule has 0 radical (unpaired) electrons. The summed E-state index contributed by atoms with van der Waals surface area (Å²) in [5.41, 5.74) is 0. The summed E-state index contributed by atoms with van der Waals surface area (Å²) in [4.78, 5) is 17.2. The van der Waals surface area contributed by atoms with E-state index in [1.807, 2.05) is 0 Å². The maximum atomic E-state index is 12.6. The van der Waals surface area contributed by atoms with Crippen LogP contribution < -0.4 is 0 Å². The van der Waals surface area contributed by atoms with Gasteiger partial charge in [-0.15, -0.1) is 0 Å². The predicted octanol–water partition coefficient (Wildman–Crippen LogP) is 1.47. The van der Waals surface area contributed by atoms with E-state index in [1.54, 1.807) is 0 Å². The Morgan fingerprint density at radius 1 is 1.15 bits per heavy atom. The first-order valence-corrected chi connectivity index (χ1v) is 8.10. The van der Waals surface area contributed by atoms with Crippen LogP contribution in [0.5, 0.6) is 0 Å². The van der Waals surface area contributed by atoms with E-state index in [0.717, 1.165) is 32.4 Å². The molecule has 0 spiro atoms. The highest BCUT2D eigenvalue weighted by Crippen LogP contribution is 2.37. The van der Waals surface area contributed by atoms with Crippen LogP contribution in [0.2, 0.25) is 0 Å². The molecular formula is C15H24N2O3. The van der Waals surface area contributed by atoms with Crippen LogP contribution in [0.4, 0.5) is 4.79 Å². The molecule has 5 rings (SSSR count). The van der Waals surface area contributed by atoms with Gasteiger partial charge in [-0.05, 0) is 44.7 Å². The Labute approximate surface area is 120 Å². The molecule has 1 saturated carbocycles. The van der Waals surface area contributed by atoms with Crippen molar-refractivity contribution >= 4 is 6.09 Å². The van der Waals surface area contributed by atoms with Crippen molar-refractivity contribution in [2.45, 2.75) is 50.3 Å². The Bertz CT molecular complexity index is 371. The van der Waals surface area contributed by atoms with E-state index in [9.17, 15) is 4.79 Å². The molecule has 5 heteroatoms. The Balaban J connectivity index is 1.45. The van der Waals surface area contributed by atoms with Gasteiger partial charge in [0.2, 0.25) is 0 Å². The summed E-state index contributed by atoms with van der Waals surface area (Å²) in [6, 6.07) is 0.829. The number of nitrogens with zero attached hydrogens (tertiary/aromatic N) is 2. The van der Waals surface area contributed by atoms with E-state index in [-0.39, 0.29) is 12.2 Å². The summed E-state index contributed by atoms with van der Waals surface area (Å²) >= 11 is 0. The van der Waals surface area contributed by atoms with Crippen LogP contribution in [-0.2, 0) is 9.47 Å². The lowest BCUT2D eigenvalue weighted by Gasteiger charge is -2.48. The summed E-state index contributed by atoms with van der Waals surface area (Å²) in [6.07, 6.45) is 5.54. The molecule has 4 heterocycles. The second-order valence-corrected chi connectivity index (χ2v) is 6.71. The zero-order chi connectivity index (χ0) is 13.5. The lowest BCUT2D eigenvalue weighted by molar-refractivity contribution is -0.0130. The Hall–Kier alpha value is -0.810. The van der Waals surface area contributed by atoms with Gasteiger partial charge >= 0.3 is 6.09 Å². The minimum atomic E-state index is -0.0817. The number of carbonyl (C=O) groups excluding carboxylic acids is 1. The minimum Gasteiger partial charge on any atom is -0.444 e. The average Bonchev–Trinajstić information content (AvgIpc) is 3.17. The highest BCUT2D eigenvalue weighted by molar-refractivity contribution is 5.69. The van der Waals surface area contributed by atoms with Crippen molar-refractivity contribution in [2.24, 2.45) is 5.92 Å². The molecule has 0 aromatic rings. The summed E-state index contributed by atoms with van der Waals surface area (Å²) in [7, 11) is 0. The maximum Gasteiger partial charge on any atom is 0.410 e. The Kier molecular flexibility index (Phi) is 3.34. The van der Waals surface area contributed by atoms with E-state index in [1.165, 1.54) is 25.9 Å². The average molecular weight is 280 g/mol. The zero-order valence-electron chi connectivity index (χ0n) is 12.0. The molecule has 4 aliphatic heterocycles. The van der Waals surface area contributed by atoms with Crippen molar-refractivity contribution in [3.8, 4) is 0 Å². The minimum absolute atomic E-state index is 0.0233. The number of fused-ring (bicyclic) bond motifs is 3. The largest absolute Gasteiger partial charge is 0.444 e. The van der Waals surface area contributed by atoms with E-state index in [0.29, 0.717) is 24.6 Å². The first kappa shape index (κ1) is 12.9. The maximum absolute atomic E-state index is 12.6. The van der Waals surface area contributed by atoms with Gasteiger partial charge in [-0.25, -0.2) is 4.79 Å². The predicted molar refractivity (Wildman–Crippen MR) is 73.5 cm³/mol. The van der Waals surface area contributed by atoms with Crippen LogP contribution in [0.15, 0.2) is 0 Å². The number of ether oxygens (including phenoxy) is 2. The first-order valence-electron chi connectivity index (χ1n) is 8.10. The fraction of sp³-hybridized carbons (Fsp3) is 0.933. The fourth-order valence-corrected chi connectivity index (χ4v) is 3.97. The normalized spacial score (nSPS) is 39.8. The van der Waals surface area contributed by atoms with Crippen LogP contribution in [0.1, 0.15) is 32.1 Å². The van der Waals surface area contributed by atoms with Gasteiger partial charge in [0.05, 0.1) is 19.3 Å². The molecule has 2 atom stereocenters. The Morgan fingerprint density at radius 2 is 1.95 bits per heavy atom. The van der Waals surface area contributed by atoms with Crippen LogP contribution in [-0.4, -0.2) is 66.9 Å². The van der Waals surface area contributed by atoms with Crippen LogP contribution in [0.25, 0.3) is 0 Å². The SMILES string of the molecule is O=C(OC1CCOC1)N(C1CC1)C1CN2CCC1CC2. The quantitative estimate of drug-likeness (QED) is 0.785. The molecule has 1 aliphatic carbocycles. The molecule has 1 amide bonds. The second-order valence-electron chi connectivity index (χ2n) is 6.71. The van der Waals surface area contributed by atoms with Gasteiger partial charge in [0.25, 0.3) is 0 Å². The molecule has 5 aliphatic rings. The first-order chi connectivity index (χ1) is 9.81. The van der Waals surface area contributed by atoms with Crippen molar-refractivity contribution in [3.05, 3.63) is 0 Å². The number of amides is 1. The number of hydrogen-bond acceptors (Lipinski definition) is 4. The molecule has 4 saturated heterocycles. The number of rotatable bonds is 3. The van der Waals surface area contributed by atoms with E-state index >= 15 is 0 Å². The molecule has 5 fully saturated rings. The molecule has 0 aromatic heterocycles. The highest BCUT2D eigenvalue weighted by Gasteiger charge is 2.46. The second kappa shape index (κ2) is 5.19. The van der Waals surface area contributed by atoms with Crippen molar-refractivity contribution < 1.29 is 14.3 Å². The monoisotopic (exact) mass is 280 g/mol. The van der Waals surface area contributed by atoms with Gasteiger partial charge < -0.3 is 19.3 Å². The van der Waals surface area contributed by atoms with E-state index in [2.05, 4.69) is 9.80 Å². The molecule has 0 aromatic carbocycles. The van der Waals surface area contributed by atoms with Gasteiger partial charge in [0.15, 0.2) is 0 Å². The third kappa shape index (κ3) is 2.42. The highest BCUT2D eigenvalue weighted by atomic mass is 16.6. The molecule has 2 unspecified atom stereocenters. The smallest absolute Gasteiger partial charge is 0.410 e. The van der Waals surface area contributed by atoms with E-state index in [4.69, 9.17) is 9.47 Å². The fourth-order valence-electron chi connectivity index (χ4n) is 3.97. The summed E-state index contributed by atoms with van der Waals surface area (Å²) in [6.45, 7) is 4.78. The zero-order valence-corrected chi connectivity index (χ0v) is 12.0. The van der Waals surface area contributed by atoms with Gasteiger partial charge in [0, 0.05) is 19.0 Å². The summed E-state index contributed by atoms with van der Waals surface area (Å²) < 4.78 is 11.0.